The average molecular weight is 412 g/mol. The fourth-order valence-electron chi connectivity index (χ4n) is 2.94. The molecule has 0 unspecified atom stereocenters. The summed E-state index contributed by atoms with van der Waals surface area (Å²) >= 11 is 1.55. The number of carbonyl (C=O) groups is 1. The normalized spacial score (nSPS) is 16.8. The fraction of sp³-hybridized carbons (Fsp3) is 0.316. The summed E-state index contributed by atoms with van der Waals surface area (Å²) in [5.74, 6) is 1.93. The number of ether oxygens (including phenoxy) is 2. The molecule has 1 aliphatic heterocycles. The topological polar surface area (TPSA) is 50.8 Å². The largest absolute Gasteiger partial charge is 0.497 e. The molecule has 1 N–H and O–H groups in total. The summed E-state index contributed by atoms with van der Waals surface area (Å²) in [6, 6.07) is 9.42. The van der Waals surface area contributed by atoms with Crippen LogP contribution in [0.15, 0.2) is 42.5 Å². The number of alkyl halides is 3. The lowest BCUT2D eigenvalue weighted by Crippen LogP contribution is -2.34. The molecule has 150 valence electrons. The number of hydrogen-bond acceptors (Lipinski definition) is 4. The van der Waals surface area contributed by atoms with Gasteiger partial charge in [-0.2, -0.15) is 13.2 Å². The van der Waals surface area contributed by atoms with Crippen LogP contribution in [0.4, 0.5) is 23.7 Å². The zero-order valence-corrected chi connectivity index (χ0v) is 16.1. The van der Waals surface area contributed by atoms with Gasteiger partial charge in [-0.25, -0.2) is 4.79 Å². The number of urea groups is 1. The van der Waals surface area contributed by atoms with E-state index in [1.807, 2.05) is 0 Å². The number of carbonyl (C=O) groups excluding carboxylic acids is 1. The molecule has 1 aliphatic rings. The molecule has 0 spiro atoms. The molecule has 0 radical (unpaired) electrons. The highest BCUT2D eigenvalue weighted by Crippen LogP contribution is 2.43. The lowest BCUT2D eigenvalue weighted by molar-refractivity contribution is -0.137. The molecule has 1 heterocycles. The summed E-state index contributed by atoms with van der Waals surface area (Å²) in [4.78, 5) is 14.3. The van der Waals surface area contributed by atoms with Gasteiger partial charge in [0.15, 0.2) is 0 Å². The van der Waals surface area contributed by atoms with Gasteiger partial charge in [-0.05, 0) is 36.4 Å². The number of benzene rings is 2. The molecule has 0 aromatic heterocycles. The minimum atomic E-state index is -4.47. The molecule has 1 saturated heterocycles. The summed E-state index contributed by atoms with van der Waals surface area (Å²) in [5.41, 5.74) is 0.0451. The lowest BCUT2D eigenvalue weighted by atomic mass is 10.1. The fourth-order valence-corrected chi connectivity index (χ4v) is 4.21. The second kappa shape index (κ2) is 8.22. The molecule has 1 atom stereocenters. The van der Waals surface area contributed by atoms with E-state index in [2.05, 4.69) is 5.32 Å². The van der Waals surface area contributed by atoms with Crippen molar-refractivity contribution in [3.05, 3.63) is 53.6 Å². The van der Waals surface area contributed by atoms with Crippen LogP contribution >= 0.6 is 11.8 Å². The third-order valence-electron chi connectivity index (χ3n) is 4.30. The van der Waals surface area contributed by atoms with Crippen molar-refractivity contribution in [2.45, 2.75) is 11.6 Å². The molecule has 0 saturated carbocycles. The highest BCUT2D eigenvalue weighted by atomic mass is 32.2. The van der Waals surface area contributed by atoms with Crippen molar-refractivity contribution in [2.24, 2.45) is 0 Å². The number of hydrogen-bond donors (Lipinski definition) is 1. The maximum atomic E-state index is 12.9. The van der Waals surface area contributed by atoms with Gasteiger partial charge in [-0.1, -0.05) is 6.07 Å². The smallest absolute Gasteiger partial charge is 0.416 e. The first kappa shape index (κ1) is 20.2. The van der Waals surface area contributed by atoms with Crippen LogP contribution in [0.1, 0.15) is 16.5 Å². The van der Waals surface area contributed by atoms with Crippen molar-refractivity contribution in [1.29, 1.82) is 0 Å². The van der Waals surface area contributed by atoms with E-state index in [0.29, 0.717) is 23.8 Å². The van der Waals surface area contributed by atoms with Crippen molar-refractivity contribution < 1.29 is 27.4 Å². The first-order valence-electron chi connectivity index (χ1n) is 8.42. The van der Waals surface area contributed by atoms with E-state index in [1.165, 1.54) is 19.2 Å². The number of halogens is 3. The zero-order valence-electron chi connectivity index (χ0n) is 15.2. The predicted molar refractivity (Wildman–Crippen MR) is 102 cm³/mol. The van der Waals surface area contributed by atoms with Gasteiger partial charge in [0.1, 0.15) is 16.9 Å². The van der Waals surface area contributed by atoms with E-state index in [-0.39, 0.29) is 11.1 Å². The molecule has 0 bridgehead atoms. The number of anilines is 1. The Morgan fingerprint density at radius 1 is 1.18 bits per heavy atom. The standard InChI is InChI=1S/C19H19F3N2O3S/c1-26-14-6-7-16(27-2)15(11-14)17-24(8-9-28-17)18(25)23-13-5-3-4-12(10-13)19(20,21)22/h3-7,10-11,17H,8-9H2,1-2H3,(H,23,25)/t17-/m1/s1. The minimum Gasteiger partial charge on any atom is -0.497 e. The molecule has 2 aromatic carbocycles. The van der Waals surface area contributed by atoms with Crippen molar-refractivity contribution in [3.63, 3.8) is 0 Å². The molecule has 2 amide bonds. The number of amides is 2. The van der Waals surface area contributed by atoms with Crippen LogP contribution in [0.2, 0.25) is 0 Å². The second-order valence-corrected chi connectivity index (χ2v) is 7.22. The Hall–Kier alpha value is -2.55. The van der Waals surface area contributed by atoms with E-state index in [4.69, 9.17) is 9.47 Å². The Kier molecular flexibility index (Phi) is 5.93. The number of methoxy groups -OCH3 is 2. The van der Waals surface area contributed by atoms with E-state index in [0.717, 1.165) is 17.7 Å². The number of nitrogens with zero attached hydrogens (tertiary/aromatic N) is 1. The molecule has 2 aromatic rings. The summed E-state index contributed by atoms with van der Waals surface area (Å²) in [6.45, 7) is 0.459. The monoisotopic (exact) mass is 412 g/mol. The van der Waals surface area contributed by atoms with Gasteiger partial charge >= 0.3 is 12.2 Å². The molecular formula is C19H19F3N2O3S. The van der Waals surface area contributed by atoms with E-state index in [1.54, 1.807) is 42.0 Å². The van der Waals surface area contributed by atoms with E-state index < -0.39 is 17.8 Å². The van der Waals surface area contributed by atoms with Crippen LogP contribution in [0.5, 0.6) is 11.5 Å². The molecule has 3 rings (SSSR count). The third kappa shape index (κ3) is 4.30. The Morgan fingerprint density at radius 2 is 1.96 bits per heavy atom. The first-order chi connectivity index (χ1) is 13.3. The minimum absolute atomic E-state index is 0.0908. The predicted octanol–water partition coefficient (Wildman–Crippen LogP) is 5.00. The Balaban J connectivity index is 1.83. The zero-order chi connectivity index (χ0) is 20.3. The SMILES string of the molecule is COc1ccc(OC)c([C@H]2SCCN2C(=O)Nc2cccc(C(F)(F)F)c2)c1. The van der Waals surface area contributed by atoms with Gasteiger partial charge in [0.25, 0.3) is 0 Å². The molecule has 0 aliphatic carbocycles. The van der Waals surface area contributed by atoms with Gasteiger partial charge in [0.05, 0.1) is 19.8 Å². The maximum Gasteiger partial charge on any atom is 0.416 e. The van der Waals surface area contributed by atoms with Gasteiger partial charge < -0.3 is 19.7 Å². The van der Waals surface area contributed by atoms with Crippen LogP contribution in [0.3, 0.4) is 0 Å². The van der Waals surface area contributed by atoms with Crippen LogP contribution in [-0.2, 0) is 6.18 Å². The number of thioether (sulfide) groups is 1. The Morgan fingerprint density at radius 3 is 2.64 bits per heavy atom. The highest BCUT2D eigenvalue weighted by Gasteiger charge is 2.34. The van der Waals surface area contributed by atoms with Crippen molar-refractivity contribution in [1.82, 2.24) is 4.90 Å². The molecule has 1 fully saturated rings. The summed E-state index contributed by atoms with van der Waals surface area (Å²) in [5, 5.41) is 2.23. The van der Waals surface area contributed by atoms with Crippen molar-refractivity contribution in [3.8, 4) is 11.5 Å². The third-order valence-corrected chi connectivity index (χ3v) is 5.54. The second-order valence-electron chi connectivity index (χ2n) is 6.03. The Bertz CT molecular complexity index is 861. The maximum absolute atomic E-state index is 12.9. The van der Waals surface area contributed by atoms with Gasteiger partial charge in [0.2, 0.25) is 0 Å². The van der Waals surface area contributed by atoms with Gasteiger partial charge in [-0.15, -0.1) is 11.8 Å². The lowest BCUT2D eigenvalue weighted by Gasteiger charge is -2.26. The molecule has 9 heteroatoms. The quantitative estimate of drug-likeness (QED) is 0.768. The number of nitrogens with one attached hydrogen (secondary N) is 1. The van der Waals surface area contributed by atoms with Crippen LogP contribution in [0.25, 0.3) is 0 Å². The first-order valence-corrected chi connectivity index (χ1v) is 9.47. The molecule has 28 heavy (non-hydrogen) atoms. The molecular weight excluding hydrogens is 393 g/mol. The van der Waals surface area contributed by atoms with Crippen molar-refractivity contribution >= 4 is 23.5 Å². The summed E-state index contributed by atoms with van der Waals surface area (Å²) in [7, 11) is 3.09. The van der Waals surface area contributed by atoms with E-state index in [9.17, 15) is 18.0 Å². The average Bonchev–Trinajstić information content (AvgIpc) is 3.17. The van der Waals surface area contributed by atoms with Crippen LogP contribution in [0, 0.1) is 0 Å². The Labute approximate surface area is 164 Å². The van der Waals surface area contributed by atoms with E-state index >= 15 is 0 Å². The summed E-state index contributed by atoms with van der Waals surface area (Å²) < 4.78 is 49.3. The summed E-state index contributed by atoms with van der Waals surface area (Å²) in [6.07, 6.45) is -4.47. The number of rotatable bonds is 4. The van der Waals surface area contributed by atoms with Crippen LogP contribution in [-0.4, -0.2) is 37.4 Å². The van der Waals surface area contributed by atoms with Gasteiger partial charge in [0, 0.05) is 23.5 Å². The van der Waals surface area contributed by atoms with Crippen molar-refractivity contribution in [2.75, 3.05) is 31.8 Å². The van der Waals surface area contributed by atoms with Gasteiger partial charge in [-0.3, -0.25) is 0 Å². The molecule has 5 nitrogen and oxygen atoms in total. The highest BCUT2D eigenvalue weighted by molar-refractivity contribution is 7.99. The van der Waals surface area contributed by atoms with Crippen LogP contribution < -0.4 is 14.8 Å².